The quantitative estimate of drug-likeness (QED) is 0.609. The summed E-state index contributed by atoms with van der Waals surface area (Å²) in [5.74, 6) is -2.56. The summed E-state index contributed by atoms with van der Waals surface area (Å²) in [6.07, 6.45) is 2.24. The van der Waals surface area contributed by atoms with Crippen LogP contribution in [0.5, 0.6) is 5.75 Å². The zero-order valence-corrected chi connectivity index (χ0v) is 21.0. The minimum absolute atomic E-state index is 0.0108. The number of nitrogens with one attached hydrogen (secondary N) is 2. The van der Waals surface area contributed by atoms with Crippen molar-refractivity contribution in [2.45, 2.75) is 65.2 Å². The van der Waals surface area contributed by atoms with Crippen molar-refractivity contribution in [1.29, 1.82) is 0 Å². The third kappa shape index (κ3) is 5.63. The van der Waals surface area contributed by atoms with Crippen molar-refractivity contribution in [3.63, 3.8) is 0 Å². The molecule has 2 aliphatic rings. The molecule has 35 heavy (non-hydrogen) atoms. The van der Waals surface area contributed by atoms with E-state index in [0.717, 1.165) is 12.1 Å². The van der Waals surface area contributed by atoms with Crippen molar-refractivity contribution in [2.75, 3.05) is 20.2 Å². The Morgan fingerprint density at radius 3 is 2.46 bits per heavy atom. The standard InChI is InChI=1S/C25H34F2N4O4/c1-14(28-6)23(33)29-22(25(3,4)5)24(34)30-10-9-20-21(30)16(12-31(20)15(2)32)13-35-17-7-8-18(26)19(27)11-17/h7-8,11-12,14,20-22,28H,9-10,13H2,1-6H3,(H,29,33). The molecule has 0 saturated carbocycles. The number of hydrogen-bond acceptors (Lipinski definition) is 5. The highest BCUT2D eigenvalue weighted by Gasteiger charge is 2.49. The van der Waals surface area contributed by atoms with Gasteiger partial charge in [-0.05, 0) is 37.9 Å². The Balaban J connectivity index is 1.85. The number of halogens is 2. The van der Waals surface area contributed by atoms with E-state index in [1.807, 2.05) is 20.8 Å². The number of rotatable bonds is 7. The summed E-state index contributed by atoms with van der Waals surface area (Å²) in [5, 5.41) is 5.76. The van der Waals surface area contributed by atoms with Crippen molar-refractivity contribution in [3.8, 4) is 5.75 Å². The van der Waals surface area contributed by atoms with E-state index in [1.165, 1.54) is 13.0 Å². The van der Waals surface area contributed by atoms with Gasteiger partial charge in [-0.25, -0.2) is 8.78 Å². The van der Waals surface area contributed by atoms with Crippen LogP contribution in [0.3, 0.4) is 0 Å². The van der Waals surface area contributed by atoms with Gasteiger partial charge in [-0.3, -0.25) is 14.4 Å². The number of amides is 3. The number of benzene rings is 1. The molecular weight excluding hydrogens is 458 g/mol. The normalized spacial score (nSPS) is 21.3. The van der Waals surface area contributed by atoms with E-state index in [1.54, 1.807) is 30.0 Å². The Morgan fingerprint density at radius 2 is 1.89 bits per heavy atom. The molecule has 0 bridgehead atoms. The number of ether oxygens (including phenoxy) is 1. The van der Waals surface area contributed by atoms with Gasteiger partial charge >= 0.3 is 0 Å². The molecule has 1 fully saturated rings. The summed E-state index contributed by atoms with van der Waals surface area (Å²) in [6, 6.07) is 1.29. The van der Waals surface area contributed by atoms with E-state index in [0.29, 0.717) is 18.5 Å². The van der Waals surface area contributed by atoms with Crippen LogP contribution in [0, 0.1) is 17.0 Å². The minimum Gasteiger partial charge on any atom is -0.489 e. The highest BCUT2D eigenvalue weighted by atomic mass is 19.2. The van der Waals surface area contributed by atoms with Gasteiger partial charge in [-0.15, -0.1) is 0 Å². The van der Waals surface area contributed by atoms with E-state index in [4.69, 9.17) is 4.74 Å². The van der Waals surface area contributed by atoms with Gasteiger partial charge in [-0.2, -0.15) is 0 Å². The minimum atomic E-state index is -1.02. The van der Waals surface area contributed by atoms with E-state index < -0.39 is 35.2 Å². The lowest BCUT2D eigenvalue weighted by Gasteiger charge is -2.36. The molecule has 192 valence electrons. The summed E-state index contributed by atoms with van der Waals surface area (Å²) in [6.45, 7) is 9.21. The van der Waals surface area contributed by atoms with Gasteiger partial charge in [0.1, 0.15) is 18.4 Å². The summed E-state index contributed by atoms with van der Waals surface area (Å²) in [5.41, 5.74) is 0.103. The first kappa shape index (κ1) is 26.6. The molecule has 4 unspecified atom stereocenters. The molecule has 4 atom stereocenters. The molecule has 3 amide bonds. The Morgan fingerprint density at radius 1 is 1.20 bits per heavy atom. The zero-order chi connectivity index (χ0) is 26.1. The molecule has 10 heteroatoms. The lowest BCUT2D eigenvalue weighted by atomic mass is 9.85. The van der Waals surface area contributed by atoms with Crippen LogP contribution in [0.1, 0.15) is 41.0 Å². The van der Waals surface area contributed by atoms with Gasteiger partial charge in [0.2, 0.25) is 17.7 Å². The smallest absolute Gasteiger partial charge is 0.246 e. The summed E-state index contributed by atoms with van der Waals surface area (Å²) in [7, 11) is 1.67. The van der Waals surface area contributed by atoms with Crippen LogP contribution in [0.25, 0.3) is 0 Å². The largest absolute Gasteiger partial charge is 0.489 e. The second kappa shape index (κ2) is 10.3. The first-order chi connectivity index (χ1) is 16.3. The van der Waals surface area contributed by atoms with Crippen molar-refractivity contribution in [1.82, 2.24) is 20.4 Å². The Bertz CT molecular complexity index is 1020. The monoisotopic (exact) mass is 492 g/mol. The summed E-state index contributed by atoms with van der Waals surface area (Å²) < 4.78 is 32.6. The fraction of sp³-hybridized carbons (Fsp3) is 0.560. The molecular formula is C25H34F2N4O4. The zero-order valence-electron chi connectivity index (χ0n) is 21.0. The molecule has 1 saturated heterocycles. The third-order valence-corrected chi connectivity index (χ3v) is 6.58. The predicted molar refractivity (Wildman–Crippen MR) is 126 cm³/mol. The lowest BCUT2D eigenvalue weighted by Crippen LogP contribution is -2.59. The average Bonchev–Trinajstić information content (AvgIpc) is 3.37. The summed E-state index contributed by atoms with van der Waals surface area (Å²) >= 11 is 0. The van der Waals surface area contributed by atoms with Gasteiger partial charge in [0.25, 0.3) is 0 Å². The van der Waals surface area contributed by atoms with Gasteiger partial charge in [-0.1, -0.05) is 20.8 Å². The molecule has 2 aliphatic heterocycles. The predicted octanol–water partition coefficient (Wildman–Crippen LogP) is 2.20. The van der Waals surface area contributed by atoms with Gasteiger partial charge in [0, 0.05) is 31.3 Å². The SMILES string of the molecule is CNC(C)C(=O)NC(C(=O)N1CCC2C1C(COc1ccc(F)c(F)c1)=CN2C(C)=O)C(C)(C)C. The van der Waals surface area contributed by atoms with E-state index in [-0.39, 0.29) is 36.1 Å². The average molecular weight is 493 g/mol. The van der Waals surface area contributed by atoms with Gasteiger partial charge < -0.3 is 25.2 Å². The number of hydrogen-bond donors (Lipinski definition) is 2. The fourth-order valence-corrected chi connectivity index (χ4v) is 4.51. The molecule has 2 heterocycles. The van der Waals surface area contributed by atoms with Crippen LogP contribution in [0.4, 0.5) is 8.78 Å². The van der Waals surface area contributed by atoms with E-state index >= 15 is 0 Å². The molecule has 0 aliphatic carbocycles. The molecule has 0 radical (unpaired) electrons. The van der Waals surface area contributed by atoms with Crippen LogP contribution < -0.4 is 15.4 Å². The number of nitrogens with zero attached hydrogens (tertiary/aromatic N) is 2. The third-order valence-electron chi connectivity index (χ3n) is 6.58. The van der Waals surface area contributed by atoms with Crippen LogP contribution in [-0.2, 0) is 14.4 Å². The first-order valence-electron chi connectivity index (χ1n) is 11.7. The molecule has 2 N–H and O–H groups in total. The molecule has 0 spiro atoms. The molecule has 1 aromatic rings. The second-order valence-electron chi connectivity index (χ2n) is 10.1. The first-order valence-corrected chi connectivity index (χ1v) is 11.7. The maximum Gasteiger partial charge on any atom is 0.246 e. The van der Waals surface area contributed by atoms with E-state index in [9.17, 15) is 23.2 Å². The van der Waals surface area contributed by atoms with Crippen molar-refractivity contribution >= 4 is 17.7 Å². The fourth-order valence-electron chi connectivity index (χ4n) is 4.51. The van der Waals surface area contributed by atoms with Gasteiger partial charge in [0.05, 0.1) is 18.1 Å². The molecule has 0 aromatic heterocycles. The van der Waals surface area contributed by atoms with Crippen LogP contribution >= 0.6 is 0 Å². The molecule has 3 rings (SSSR count). The number of carbonyl (C=O) groups is 3. The maximum atomic E-state index is 13.8. The number of fused-ring (bicyclic) bond motifs is 1. The number of likely N-dealkylation sites (N-methyl/N-ethyl adjacent to an activating group) is 1. The molecule has 1 aromatic carbocycles. The van der Waals surface area contributed by atoms with Crippen molar-refractivity contribution < 1.29 is 27.9 Å². The highest BCUT2D eigenvalue weighted by Crippen LogP contribution is 2.36. The van der Waals surface area contributed by atoms with Gasteiger partial charge in [0.15, 0.2) is 11.6 Å². The molecule has 8 nitrogen and oxygen atoms in total. The Labute approximate surface area is 204 Å². The number of likely N-dealkylation sites (tertiary alicyclic amines) is 1. The van der Waals surface area contributed by atoms with Crippen LogP contribution in [0.2, 0.25) is 0 Å². The Kier molecular flexibility index (Phi) is 7.83. The topological polar surface area (TPSA) is 91.0 Å². The Hall–Kier alpha value is -3.01. The highest BCUT2D eigenvalue weighted by molar-refractivity contribution is 5.91. The second-order valence-corrected chi connectivity index (χ2v) is 10.1. The van der Waals surface area contributed by atoms with Crippen molar-refractivity contribution in [2.24, 2.45) is 5.41 Å². The maximum absolute atomic E-state index is 13.8. The van der Waals surface area contributed by atoms with Crippen molar-refractivity contribution in [3.05, 3.63) is 41.6 Å². The van der Waals surface area contributed by atoms with Crippen LogP contribution in [-0.4, -0.2) is 71.9 Å². The number of carbonyl (C=O) groups excluding carboxylic acids is 3. The summed E-state index contributed by atoms with van der Waals surface area (Å²) in [4.78, 5) is 42.0. The lowest BCUT2D eigenvalue weighted by molar-refractivity contribution is -0.140. The van der Waals surface area contributed by atoms with E-state index in [2.05, 4.69) is 10.6 Å². The van der Waals surface area contributed by atoms with Crippen LogP contribution in [0.15, 0.2) is 30.0 Å².